The maximum Gasteiger partial charge on any atom is 0.433 e. The average molecular weight is 301 g/mol. The molecule has 0 fully saturated rings. The van der Waals surface area contributed by atoms with Crippen molar-refractivity contribution in [2.75, 3.05) is 10.7 Å². The molecule has 4 N–H and O–H groups in total. The van der Waals surface area contributed by atoms with Crippen molar-refractivity contribution in [1.29, 1.82) is 0 Å². The lowest BCUT2D eigenvalue weighted by atomic mass is 10.2. The van der Waals surface area contributed by atoms with Crippen LogP contribution in [0.3, 0.4) is 0 Å². The maximum atomic E-state index is 13.4. The Bertz CT molecular complexity index is 629. The number of hydrogen-bond donors (Lipinski definition) is 3. The van der Waals surface area contributed by atoms with Gasteiger partial charge in [0.1, 0.15) is 11.6 Å². The Hall–Kier alpha value is -2.42. The number of anilines is 2. The van der Waals surface area contributed by atoms with Crippen molar-refractivity contribution in [1.82, 2.24) is 9.97 Å². The normalized spacial score (nSPS) is 11.3. The van der Waals surface area contributed by atoms with E-state index in [0.29, 0.717) is 5.56 Å². The minimum absolute atomic E-state index is 0.0228. The number of nitrogens with two attached hydrogens (primary N) is 1. The molecular weight excluding hydrogens is 290 g/mol. The summed E-state index contributed by atoms with van der Waals surface area (Å²) in [6, 6.07) is 6.62. The molecule has 0 atom stereocenters. The van der Waals surface area contributed by atoms with E-state index in [2.05, 4.69) is 15.3 Å². The zero-order valence-corrected chi connectivity index (χ0v) is 10.6. The molecule has 9 heteroatoms. The predicted molar refractivity (Wildman–Crippen MR) is 68.6 cm³/mol. The van der Waals surface area contributed by atoms with Crippen LogP contribution in [0, 0.1) is 5.82 Å². The second-order valence-corrected chi connectivity index (χ2v) is 4.05. The van der Waals surface area contributed by atoms with Gasteiger partial charge in [0.15, 0.2) is 5.69 Å². The molecule has 5 nitrogen and oxygen atoms in total. The summed E-state index contributed by atoms with van der Waals surface area (Å²) >= 11 is 0. The molecule has 0 aliphatic carbocycles. The third-order valence-corrected chi connectivity index (χ3v) is 2.56. The van der Waals surface area contributed by atoms with Crippen molar-refractivity contribution in [3.63, 3.8) is 0 Å². The summed E-state index contributed by atoms with van der Waals surface area (Å²) in [7, 11) is 0. The Morgan fingerprint density at radius 2 is 1.86 bits per heavy atom. The lowest BCUT2D eigenvalue weighted by Gasteiger charge is -2.11. The molecule has 0 aliphatic heterocycles. The van der Waals surface area contributed by atoms with Crippen molar-refractivity contribution >= 4 is 11.8 Å². The first-order valence-corrected chi connectivity index (χ1v) is 5.80. The zero-order chi connectivity index (χ0) is 15.5. The van der Waals surface area contributed by atoms with Gasteiger partial charge in [-0.2, -0.15) is 18.2 Å². The summed E-state index contributed by atoms with van der Waals surface area (Å²) in [6.07, 6.45) is -4.64. The number of nitrogens with one attached hydrogen (secondary N) is 2. The smallest absolute Gasteiger partial charge is 0.366 e. The molecule has 1 heterocycles. The van der Waals surface area contributed by atoms with E-state index in [1.165, 1.54) is 18.2 Å². The third-order valence-electron chi connectivity index (χ3n) is 2.56. The van der Waals surface area contributed by atoms with E-state index in [9.17, 15) is 17.6 Å². The number of hydrazine groups is 1. The van der Waals surface area contributed by atoms with Crippen LogP contribution in [0.2, 0.25) is 0 Å². The number of nitrogens with zero attached hydrogens (tertiary/aromatic N) is 2. The Morgan fingerprint density at radius 1 is 1.14 bits per heavy atom. The van der Waals surface area contributed by atoms with Gasteiger partial charge in [0.05, 0.1) is 0 Å². The summed E-state index contributed by atoms with van der Waals surface area (Å²) < 4.78 is 51.4. The first kappa shape index (κ1) is 15.0. The maximum absolute atomic E-state index is 13.4. The zero-order valence-electron chi connectivity index (χ0n) is 10.6. The van der Waals surface area contributed by atoms with E-state index in [4.69, 9.17) is 5.84 Å². The topological polar surface area (TPSA) is 75.9 Å². The molecule has 1 aromatic heterocycles. The molecule has 0 saturated carbocycles. The first-order chi connectivity index (χ1) is 9.90. The highest BCUT2D eigenvalue weighted by atomic mass is 19.4. The number of aromatic nitrogens is 2. The summed E-state index contributed by atoms with van der Waals surface area (Å²) in [4.78, 5) is 6.94. The van der Waals surface area contributed by atoms with Gasteiger partial charge < -0.3 is 5.32 Å². The molecule has 0 radical (unpaired) electrons. The summed E-state index contributed by atoms with van der Waals surface area (Å²) in [6.45, 7) is -0.0228. The number of halogens is 4. The Balaban J connectivity index is 2.22. The highest BCUT2D eigenvalue weighted by molar-refractivity contribution is 5.43. The molecule has 21 heavy (non-hydrogen) atoms. The second kappa shape index (κ2) is 5.92. The number of nitrogen functional groups attached to an aromatic ring is 1. The van der Waals surface area contributed by atoms with E-state index in [1.807, 2.05) is 5.43 Å². The Morgan fingerprint density at radius 3 is 2.48 bits per heavy atom. The molecular formula is C12H11F4N5. The quantitative estimate of drug-likeness (QED) is 0.459. The fraction of sp³-hybridized carbons (Fsp3) is 0.167. The number of alkyl halides is 3. The highest BCUT2D eigenvalue weighted by Crippen LogP contribution is 2.29. The van der Waals surface area contributed by atoms with Crippen LogP contribution in [-0.2, 0) is 12.7 Å². The van der Waals surface area contributed by atoms with Gasteiger partial charge in [0, 0.05) is 18.2 Å². The summed E-state index contributed by atoms with van der Waals surface area (Å²) in [5.41, 5.74) is 1.10. The van der Waals surface area contributed by atoms with Crippen LogP contribution >= 0.6 is 0 Å². The van der Waals surface area contributed by atoms with E-state index >= 15 is 0 Å². The van der Waals surface area contributed by atoms with Gasteiger partial charge in [-0.3, -0.25) is 5.43 Å². The van der Waals surface area contributed by atoms with Crippen LogP contribution < -0.4 is 16.6 Å². The SMILES string of the molecule is NNc1nc(NCc2ccccc2F)cc(C(F)(F)F)n1. The molecule has 0 bridgehead atoms. The van der Waals surface area contributed by atoms with Crippen molar-refractivity contribution in [2.45, 2.75) is 12.7 Å². The van der Waals surface area contributed by atoms with E-state index in [-0.39, 0.29) is 18.3 Å². The predicted octanol–water partition coefficient (Wildman–Crippen LogP) is 2.53. The van der Waals surface area contributed by atoms with E-state index < -0.39 is 17.7 Å². The van der Waals surface area contributed by atoms with Gasteiger partial charge in [-0.15, -0.1) is 0 Å². The Labute approximate surface area is 117 Å². The number of benzene rings is 1. The standard InChI is InChI=1S/C12H11F4N5/c13-8-4-2-1-3-7(8)6-18-10-5-9(12(14,15)16)19-11(20-10)21-17/h1-5H,6,17H2,(H2,18,19,20,21). The molecule has 1 aromatic carbocycles. The van der Waals surface area contributed by atoms with Gasteiger partial charge in [0.2, 0.25) is 5.95 Å². The first-order valence-electron chi connectivity index (χ1n) is 5.80. The molecule has 0 spiro atoms. The van der Waals surface area contributed by atoms with E-state index in [1.54, 1.807) is 6.07 Å². The summed E-state index contributed by atoms with van der Waals surface area (Å²) in [5, 5.41) is 2.60. The van der Waals surface area contributed by atoms with Crippen molar-refractivity contribution in [3.05, 3.63) is 47.4 Å². The molecule has 0 aliphatic rings. The molecule has 0 saturated heterocycles. The second-order valence-electron chi connectivity index (χ2n) is 4.05. The highest BCUT2D eigenvalue weighted by Gasteiger charge is 2.33. The van der Waals surface area contributed by atoms with Crippen LogP contribution in [0.15, 0.2) is 30.3 Å². The van der Waals surface area contributed by atoms with Crippen molar-refractivity contribution in [3.8, 4) is 0 Å². The molecule has 2 aromatic rings. The monoisotopic (exact) mass is 301 g/mol. The van der Waals surface area contributed by atoms with E-state index in [0.717, 1.165) is 6.07 Å². The molecule has 2 rings (SSSR count). The summed E-state index contributed by atoms with van der Waals surface area (Å²) in [5.74, 6) is 4.06. The van der Waals surface area contributed by atoms with Gasteiger partial charge >= 0.3 is 6.18 Å². The van der Waals surface area contributed by atoms with Crippen molar-refractivity contribution in [2.24, 2.45) is 5.84 Å². The lowest BCUT2D eigenvalue weighted by molar-refractivity contribution is -0.141. The molecule has 0 amide bonds. The number of rotatable bonds is 4. The van der Waals surface area contributed by atoms with Crippen LogP contribution in [0.4, 0.5) is 29.3 Å². The largest absolute Gasteiger partial charge is 0.433 e. The van der Waals surface area contributed by atoms with Gasteiger partial charge in [-0.1, -0.05) is 18.2 Å². The molecule has 112 valence electrons. The van der Waals surface area contributed by atoms with Crippen LogP contribution in [0.25, 0.3) is 0 Å². The molecule has 0 unspecified atom stereocenters. The minimum atomic E-state index is -4.64. The lowest BCUT2D eigenvalue weighted by Crippen LogP contribution is -2.17. The van der Waals surface area contributed by atoms with Gasteiger partial charge in [0.25, 0.3) is 0 Å². The Kier molecular flexibility index (Phi) is 4.22. The van der Waals surface area contributed by atoms with Gasteiger partial charge in [-0.25, -0.2) is 15.2 Å². The van der Waals surface area contributed by atoms with Crippen LogP contribution in [0.1, 0.15) is 11.3 Å². The van der Waals surface area contributed by atoms with Crippen LogP contribution in [-0.4, -0.2) is 9.97 Å². The fourth-order valence-electron chi connectivity index (χ4n) is 1.58. The van der Waals surface area contributed by atoms with Gasteiger partial charge in [-0.05, 0) is 6.07 Å². The minimum Gasteiger partial charge on any atom is -0.366 e. The van der Waals surface area contributed by atoms with Crippen LogP contribution in [0.5, 0.6) is 0 Å². The fourth-order valence-corrected chi connectivity index (χ4v) is 1.58. The third kappa shape index (κ3) is 3.78. The van der Waals surface area contributed by atoms with Crippen molar-refractivity contribution < 1.29 is 17.6 Å². The average Bonchev–Trinajstić information content (AvgIpc) is 2.45. The number of hydrogen-bond acceptors (Lipinski definition) is 5.